The highest BCUT2D eigenvalue weighted by atomic mass is 14.5. The lowest BCUT2D eigenvalue weighted by atomic mass is 9.69. The zero-order chi connectivity index (χ0) is 21.4. The molecule has 0 spiro atoms. The molecule has 1 atom stereocenters. The molecule has 1 aliphatic carbocycles. The zero-order valence-corrected chi connectivity index (χ0v) is 18.1. The zero-order valence-electron chi connectivity index (χ0n) is 18.1. The fourth-order valence-electron chi connectivity index (χ4n) is 5.91. The Labute approximate surface area is 190 Å². The van der Waals surface area contributed by atoms with Crippen LogP contribution in [0.3, 0.4) is 0 Å². The number of rotatable bonds is 4. The van der Waals surface area contributed by atoms with Gasteiger partial charge in [-0.1, -0.05) is 127 Å². The summed E-state index contributed by atoms with van der Waals surface area (Å²) >= 11 is 0. The topological polar surface area (TPSA) is 0 Å². The van der Waals surface area contributed by atoms with Gasteiger partial charge in [0.15, 0.2) is 0 Å². The third kappa shape index (κ3) is 2.99. The molecule has 0 nitrogen and oxygen atoms in total. The Morgan fingerprint density at radius 1 is 0.562 bits per heavy atom. The van der Waals surface area contributed by atoms with Gasteiger partial charge in [0.05, 0.1) is 0 Å². The van der Waals surface area contributed by atoms with Crippen LogP contribution in [0.15, 0.2) is 127 Å². The number of fused-ring (bicyclic) bond motifs is 2. The van der Waals surface area contributed by atoms with E-state index in [1.165, 1.54) is 38.6 Å². The van der Waals surface area contributed by atoms with Crippen molar-refractivity contribution in [1.82, 2.24) is 0 Å². The molecule has 154 valence electrons. The minimum absolute atomic E-state index is 0.117. The van der Waals surface area contributed by atoms with Gasteiger partial charge in [0.25, 0.3) is 0 Å². The van der Waals surface area contributed by atoms with Crippen LogP contribution in [0, 0.1) is 0 Å². The second kappa shape index (κ2) is 7.80. The molecule has 1 unspecified atom stereocenters. The maximum atomic E-state index is 2.36. The van der Waals surface area contributed by atoms with Crippen LogP contribution < -0.4 is 0 Å². The van der Waals surface area contributed by atoms with Gasteiger partial charge < -0.3 is 0 Å². The first-order valence-corrected chi connectivity index (χ1v) is 11.5. The fraction of sp³-hybridized carbons (Fsp3) is 0.125. The highest BCUT2D eigenvalue weighted by Crippen LogP contribution is 2.54. The summed E-state index contributed by atoms with van der Waals surface area (Å²) in [4.78, 5) is 0. The van der Waals surface area contributed by atoms with Crippen LogP contribution in [0.1, 0.15) is 40.2 Å². The van der Waals surface area contributed by atoms with Gasteiger partial charge in [0.1, 0.15) is 0 Å². The first kappa shape index (κ1) is 19.1. The number of hydrogen-bond donors (Lipinski definition) is 0. The lowest BCUT2D eigenvalue weighted by molar-refractivity contribution is 0.538. The summed E-state index contributed by atoms with van der Waals surface area (Å²) in [5.74, 6) is 0.470. The molecule has 5 aromatic carbocycles. The van der Waals surface area contributed by atoms with Crippen molar-refractivity contribution >= 4 is 10.8 Å². The Kier molecular flexibility index (Phi) is 4.65. The first-order valence-electron chi connectivity index (χ1n) is 11.5. The molecule has 0 saturated heterocycles. The normalized spacial score (nSPS) is 16.7. The molecule has 0 fully saturated rings. The molecular formula is C32H26. The monoisotopic (exact) mass is 410 g/mol. The minimum atomic E-state index is -0.117. The van der Waals surface area contributed by atoms with Gasteiger partial charge in [-0.3, -0.25) is 0 Å². The quantitative estimate of drug-likeness (QED) is 0.282. The minimum Gasteiger partial charge on any atom is -0.0622 e. The highest BCUT2D eigenvalue weighted by Gasteiger charge is 2.45. The van der Waals surface area contributed by atoms with Crippen LogP contribution in [-0.2, 0) is 11.8 Å². The van der Waals surface area contributed by atoms with E-state index in [1.807, 2.05) is 0 Å². The number of hydrogen-bond acceptors (Lipinski definition) is 0. The lowest BCUT2D eigenvalue weighted by Crippen LogP contribution is -2.26. The van der Waals surface area contributed by atoms with Gasteiger partial charge >= 0.3 is 0 Å². The van der Waals surface area contributed by atoms with E-state index in [2.05, 4.69) is 127 Å². The first-order chi connectivity index (χ1) is 15.9. The van der Waals surface area contributed by atoms with E-state index in [1.54, 1.807) is 0 Å². The molecule has 6 rings (SSSR count). The molecule has 0 bridgehead atoms. The van der Waals surface area contributed by atoms with Gasteiger partial charge in [-0.15, -0.1) is 0 Å². The Bertz CT molecular complexity index is 1320. The van der Waals surface area contributed by atoms with Crippen LogP contribution in [0.5, 0.6) is 0 Å². The summed E-state index contributed by atoms with van der Waals surface area (Å²) in [6.07, 6.45) is 2.14. The summed E-state index contributed by atoms with van der Waals surface area (Å²) in [5, 5.41) is 2.71. The van der Waals surface area contributed by atoms with Crippen LogP contribution in [0.4, 0.5) is 0 Å². The van der Waals surface area contributed by atoms with E-state index < -0.39 is 0 Å². The fourth-order valence-corrected chi connectivity index (χ4v) is 5.91. The van der Waals surface area contributed by atoms with Crippen molar-refractivity contribution in [1.29, 1.82) is 0 Å². The van der Waals surface area contributed by atoms with Crippen molar-refractivity contribution in [2.45, 2.75) is 24.2 Å². The summed E-state index contributed by atoms with van der Waals surface area (Å²) < 4.78 is 0. The second-order valence-electron chi connectivity index (χ2n) is 8.97. The maximum Gasteiger partial charge on any atom is 0.0460 e. The van der Waals surface area contributed by atoms with E-state index in [4.69, 9.17) is 0 Å². The van der Waals surface area contributed by atoms with Crippen LogP contribution in [0.25, 0.3) is 10.8 Å². The third-order valence-corrected chi connectivity index (χ3v) is 7.29. The van der Waals surface area contributed by atoms with Crippen molar-refractivity contribution in [3.63, 3.8) is 0 Å². The van der Waals surface area contributed by atoms with Crippen LogP contribution in [0.2, 0.25) is 0 Å². The molecule has 0 heterocycles. The molecule has 0 saturated carbocycles. The number of benzene rings is 5. The Morgan fingerprint density at radius 2 is 1.16 bits per heavy atom. The Morgan fingerprint density at radius 3 is 1.91 bits per heavy atom. The van der Waals surface area contributed by atoms with Gasteiger partial charge in [-0.25, -0.2) is 0 Å². The average Bonchev–Trinajstić information content (AvgIpc) is 3.21. The van der Waals surface area contributed by atoms with E-state index in [9.17, 15) is 0 Å². The molecule has 32 heavy (non-hydrogen) atoms. The summed E-state index contributed by atoms with van der Waals surface area (Å²) in [7, 11) is 0. The van der Waals surface area contributed by atoms with Crippen molar-refractivity contribution in [2.24, 2.45) is 0 Å². The van der Waals surface area contributed by atoms with Crippen molar-refractivity contribution < 1.29 is 0 Å². The van der Waals surface area contributed by atoms with Gasteiger partial charge in [0, 0.05) is 5.41 Å². The molecule has 0 radical (unpaired) electrons. The smallest absolute Gasteiger partial charge is 0.0460 e. The predicted octanol–water partition coefficient (Wildman–Crippen LogP) is 7.90. The summed E-state index contributed by atoms with van der Waals surface area (Å²) in [6.45, 7) is 0. The lowest BCUT2D eigenvalue weighted by Gasteiger charge is -2.32. The van der Waals surface area contributed by atoms with Crippen LogP contribution >= 0.6 is 0 Å². The SMILES string of the molecule is c1ccc(C2(c3ccccc3)CC(Cc3cccc4ccccc34)c3ccccc32)cc1. The Balaban J connectivity index is 1.53. The van der Waals surface area contributed by atoms with E-state index in [0.29, 0.717) is 5.92 Å². The molecule has 0 aromatic heterocycles. The second-order valence-corrected chi connectivity index (χ2v) is 8.97. The van der Waals surface area contributed by atoms with Crippen LogP contribution in [-0.4, -0.2) is 0 Å². The largest absolute Gasteiger partial charge is 0.0622 e. The third-order valence-electron chi connectivity index (χ3n) is 7.29. The molecule has 0 heteroatoms. The van der Waals surface area contributed by atoms with E-state index >= 15 is 0 Å². The van der Waals surface area contributed by atoms with Crippen molar-refractivity contribution in [3.05, 3.63) is 155 Å². The van der Waals surface area contributed by atoms with Crippen molar-refractivity contribution in [2.75, 3.05) is 0 Å². The predicted molar refractivity (Wildman–Crippen MR) is 134 cm³/mol. The molecule has 5 aromatic rings. The highest BCUT2D eigenvalue weighted by molar-refractivity contribution is 5.85. The summed E-state index contributed by atoms with van der Waals surface area (Å²) in [5.41, 5.74) is 7.06. The van der Waals surface area contributed by atoms with E-state index in [-0.39, 0.29) is 5.41 Å². The molecule has 0 aliphatic heterocycles. The Hall–Kier alpha value is -3.64. The standard InChI is InChI=1S/C32H26/c1-3-15-27(16-4-1)32(28-17-5-2-6-18-28)23-26(30-20-9-10-21-31(30)32)22-25-14-11-13-24-12-7-8-19-29(24)25/h1-21,26H,22-23H2. The maximum absolute atomic E-state index is 2.36. The van der Waals surface area contributed by atoms with Gasteiger partial charge in [-0.05, 0) is 57.3 Å². The average molecular weight is 411 g/mol. The molecule has 0 amide bonds. The molecule has 1 aliphatic rings. The van der Waals surface area contributed by atoms with Gasteiger partial charge in [-0.2, -0.15) is 0 Å². The van der Waals surface area contributed by atoms with E-state index in [0.717, 1.165) is 12.8 Å². The van der Waals surface area contributed by atoms with Gasteiger partial charge in [0.2, 0.25) is 0 Å². The molecule has 0 N–H and O–H groups in total. The van der Waals surface area contributed by atoms with Crippen molar-refractivity contribution in [3.8, 4) is 0 Å². The summed E-state index contributed by atoms with van der Waals surface area (Å²) in [6, 6.07) is 46.9. The molecular weight excluding hydrogens is 384 g/mol.